The number of fused-ring (bicyclic) bond motifs is 1. The molecule has 0 aromatic heterocycles. The fourth-order valence-corrected chi connectivity index (χ4v) is 4.57. The number of benzene rings is 2. The van der Waals surface area contributed by atoms with Crippen molar-refractivity contribution in [3.05, 3.63) is 42.0 Å². The molecule has 1 atom stereocenters. The zero-order chi connectivity index (χ0) is 18.8. The molecule has 0 radical (unpaired) electrons. The van der Waals surface area contributed by atoms with E-state index in [2.05, 4.69) is 47.5 Å². The van der Waals surface area contributed by atoms with E-state index < -0.39 is 0 Å². The number of nitrogens with one attached hydrogen (secondary N) is 1. The van der Waals surface area contributed by atoms with Gasteiger partial charge in [-0.2, -0.15) is 0 Å². The Morgan fingerprint density at radius 2 is 1.93 bits per heavy atom. The lowest BCUT2D eigenvalue weighted by molar-refractivity contribution is -0.140. The van der Waals surface area contributed by atoms with Crippen LogP contribution in [0, 0.1) is 11.8 Å². The van der Waals surface area contributed by atoms with Gasteiger partial charge in [0.2, 0.25) is 5.91 Å². The summed E-state index contributed by atoms with van der Waals surface area (Å²) in [5.41, 5.74) is 1.13. The van der Waals surface area contributed by atoms with Crippen LogP contribution in [-0.4, -0.2) is 37.0 Å². The molecule has 2 aliphatic rings. The lowest BCUT2D eigenvalue weighted by atomic mass is 9.87. The van der Waals surface area contributed by atoms with Gasteiger partial charge >= 0.3 is 0 Å². The van der Waals surface area contributed by atoms with E-state index in [-0.39, 0.29) is 5.92 Å². The van der Waals surface area contributed by atoms with E-state index in [4.69, 9.17) is 4.74 Å². The summed E-state index contributed by atoms with van der Waals surface area (Å²) in [4.78, 5) is 15.6. The summed E-state index contributed by atoms with van der Waals surface area (Å²) in [6.07, 6.45) is 4.68. The van der Waals surface area contributed by atoms with Crippen molar-refractivity contribution in [1.82, 2.24) is 10.2 Å². The van der Waals surface area contributed by atoms with E-state index in [1.807, 2.05) is 6.07 Å². The van der Waals surface area contributed by atoms with Crippen molar-refractivity contribution in [3.8, 4) is 5.75 Å². The number of methoxy groups -OCH3 is 1. The average molecular weight is 367 g/mol. The van der Waals surface area contributed by atoms with Crippen LogP contribution < -0.4 is 10.1 Å². The van der Waals surface area contributed by atoms with Crippen LogP contribution in [0.2, 0.25) is 0 Å². The van der Waals surface area contributed by atoms with Crippen molar-refractivity contribution in [1.29, 1.82) is 0 Å². The average Bonchev–Trinajstić information content (AvgIpc) is 3.18. The summed E-state index contributed by atoms with van der Waals surface area (Å²) in [6.45, 7) is 4.67. The van der Waals surface area contributed by atoms with Crippen LogP contribution in [-0.2, 0) is 11.3 Å². The van der Waals surface area contributed by atoms with Gasteiger partial charge < -0.3 is 15.0 Å². The molecule has 2 fully saturated rings. The van der Waals surface area contributed by atoms with Crippen molar-refractivity contribution in [2.75, 3.05) is 20.2 Å². The molecule has 1 heterocycles. The number of carbonyl (C=O) groups is 1. The highest BCUT2D eigenvalue weighted by Crippen LogP contribution is 2.34. The smallest absolute Gasteiger partial charge is 0.226 e. The van der Waals surface area contributed by atoms with Gasteiger partial charge in [-0.3, -0.25) is 4.79 Å². The summed E-state index contributed by atoms with van der Waals surface area (Å²) in [5.74, 6) is 1.73. The van der Waals surface area contributed by atoms with E-state index >= 15 is 0 Å². The Kier molecular flexibility index (Phi) is 5.35. The van der Waals surface area contributed by atoms with E-state index in [9.17, 15) is 4.79 Å². The second-order valence-electron chi connectivity index (χ2n) is 8.08. The fraction of sp³-hybridized carbons (Fsp3) is 0.522. The second kappa shape index (κ2) is 7.89. The van der Waals surface area contributed by atoms with Gasteiger partial charge in [-0.15, -0.1) is 0 Å². The second-order valence-corrected chi connectivity index (χ2v) is 8.08. The van der Waals surface area contributed by atoms with Crippen LogP contribution >= 0.6 is 0 Å². The van der Waals surface area contributed by atoms with Crippen molar-refractivity contribution in [3.63, 3.8) is 0 Å². The molecule has 144 valence electrons. The largest absolute Gasteiger partial charge is 0.496 e. The van der Waals surface area contributed by atoms with Crippen LogP contribution in [0.5, 0.6) is 5.75 Å². The number of rotatable bonds is 6. The standard InChI is InChI=1S/C23H30N2O2/c1-16(18-13-24-14-18)23(26)25(19-8-4-5-9-19)15-21-20-10-6-3-7-17(20)11-12-22(21)27-2/h3,6-7,10-12,16,18-19,24H,4-5,8-9,13-15H2,1-2H3. The van der Waals surface area contributed by atoms with E-state index in [0.29, 0.717) is 24.4 Å². The first-order chi connectivity index (χ1) is 13.2. The van der Waals surface area contributed by atoms with Gasteiger partial charge in [-0.05, 0) is 48.7 Å². The van der Waals surface area contributed by atoms with Gasteiger partial charge in [0, 0.05) is 17.5 Å². The molecule has 2 aromatic rings. The summed E-state index contributed by atoms with van der Waals surface area (Å²) < 4.78 is 5.69. The molecule has 27 heavy (non-hydrogen) atoms. The van der Waals surface area contributed by atoms with Gasteiger partial charge in [-0.25, -0.2) is 0 Å². The molecule has 0 bridgehead atoms. The minimum Gasteiger partial charge on any atom is -0.496 e. The van der Waals surface area contributed by atoms with E-state index in [1.54, 1.807) is 7.11 Å². The number of hydrogen-bond acceptors (Lipinski definition) is 3. The zero-order valence-electron chi connectivity index (χ0n) is 16.4. The Bertz CT molecular complexity index is 809. The quantitative estimate of drug-likeness (QED) is 0.841. The lowest BCUT2D eigenvalue weighted by Crippen LogP contribution is -2.51. The Morgan fingerprint density at radius 3 is 2.59 bits per heavy atom. The van der Waals surface area contributed by atoms with Gasteiger partial charge in [0.15, 0.2) is 0 Å². The maximum absolute atomic E-state index is 13.5. The van der Waals surface area contributed by atoms with Gasteiger partial charge in [0.1, 0.15) is 5.75 Å². The third kappa shape index (κ3) is 3.55. The first-order valence-corrected chi connectivity index (χ1v) is 10.2. The SMILES string of the molecule is COc1ccc2ccccc2c1CN(C(=O)C(C)C1CNC1)C1CCCC1. The van der Waals surface area contributed by atoms with Crippen molar-refractivity contribution in [2.45, 2.75) is 45.2 Å². The van der Waals surface area contributed by atoms with Crippen molar-refractivity contribution >= 4 is 16.7 Å². The number of amides is 1. The van der Waals surface area contributed by atoms with Crippen molar-refractivity contribution in [2.24, 2.45) is 11.8 Å². The molecular weight excluding hydrogens is 336 g/mol. The topological polar surface area (TPSA) is 41.6 Å². The van der Waals surface area contributed by atoms with Crippen LogP contribution in [0.25, 0.3) is 10.8 Å². The maximum atomic E-state index is 13.5. The van der Waals surface area contributed by atoms with Crippen LogP contribution in [0.15, 0.2) is 36.4 Å². The molecule has 4 rings (SSSR count). The molecule has 0 spiro atoms. The first-order valence-electron chi connectivity index (χ1n) is 10.2. The van der Waals surface area contributed by atoms with Crippen LogP contribution in [0.4, 0.5) is 0 Å². The molecular formula is C23H30N2O2. The summed E-state index contributed by atoms with van der Waals surface area (Å²) in [5, 5.41) is 5.69. The number of carbonyl (C=O) groups excluding carboxylic acids is 1. The van der Waals surface area contributed by atoms with Gasteiger partial charge in [-0.1, -0.05) is 50.1 Å². The Labute approximate surface area is 161 Å². The summed E-state index contributed by atoms with van der Waals surface area (Å²) >= 11 is 0. The van der Waals surface area contributed by atoms with Gasteiger partial charge in [0.05, 0.1) is 13.7 Å². The molecule has 1 saturated heterocycles. The minimum atomic E-state index is 0.0767. The number of nitrogens with zero attached hydrogens (tertiary/aromatic N) is 1. The predicted molar refractivity (Wildman–Crippen MR) is 109 cm³/mol. The maximum Gasteiger partial charge on any atom is 0.226 e. The fourth-order valence-electron chi connectivity index (χ4n) is 4.57. The predicted octanol–water partition coefficient (Wildman–Crippen LogP) is 3.98. The Balaban J connectivity index is 1.69. The van der Waals surface area contributed by atoms with E-state index in [0.717, 1.165) is 37.2 Å². The van der Waals surface area contributed by atoms with Gasteiger partial charge in [0.25, 0.3) is 0 Å². The summed E-state index contributed by atoms with van der Waals surface area (Å²) in [6, 6.07) is 12.9. The third-order valence-corrected chi connectivity index (χ3v) is 6.50. The van der Waals surface area contributed by atoms with E-state index in [1.165, 1.54) is 23.6 Å². The summed E-state index contributed by atoms with van der Waals surface area (Å²) in [7, 11) is 1.72. The Hall–Kier alpha value is -2.07. The highest BCUT2D eigenvalue weighted by Gasteiger charge is 2.35. The third-order valence-electron chi connectivity index (χ3n) is 6.50. The molecule has 4 heteroatoms. The number of ether oxygens (including phenoxy) is 1. The highest BCUT2D eigenvalue weighted by molar-refractivity contribution is 5.88. The zero-order valence-corrected chi connectivity index (χ0v) is 16.4. The molecule has 1 amide bonds. The normalized spacial score (nSPS) is 19.0. The lowest BCUT2D eigenvalue weighted by Gasteiger charge is -2.37. The van der Waals surface area contributed by atoms with Crippen LogP contribution in [0.1, 0.15) is 38.2 Å². The minimum absolute atomic E-state index is 0.0767. The van der Waals surface area contributed by atoms with Crippen molar-refractivity contribution < 1.29 is 9.53 Å². The molecule has 1 aliphatic heterocycles. The monoisotopic (exact) mass is 366 g/mol. The first kappa shape index (κ1) is 18.3. The number of hydrogen-bond donors (Lipinski definition) is 1. The Morgan fingerprint density at radius 1 is 1.19 bits per heavy atom. The molecule has 2 aromatic carbocycles. The highest BCUT2D eigenvalue weighted by atomic mass is 16.5. The molecule has 1 saturated carbocycles. The molecule has 1 unspecified atom stereocenters. The van der Waals surface area contributed by atoms with Crippen LogP contribution in [0.3, 0.4) is 0 Å². The molecule has 4 nitrogen and oxygen atoms in total. The molecule has 1 aliphatic carbocycles. The molecule has 1 N–H and O–H groups in total.